The van der Waals surface area contributed by atoms with Gasteiger partial charge in [-0.2, -0.15) is 21.7 Å². The quantitative estimate of drug-likeness (QED) is 0.909. The lowest BCUT2D eigenvalue weighted by Crippen LogP contribution is -2.20. The van der Waals surface area contributed by atoms with Crippen molar-refractivity contribution in [2.75, 3.05) is 17.2 Å². The Bertz CT molecular complexity index is 386. The van der Waals surface area contributed by atoms with E-state index in [0.717, 1.165) is 30.2 Å². The first-order valence-corrected chi connectivity index (χ1v) is 8.04. The average molecular weight is 270 g/mol. The van der Waals surface area contributed by atoms with Gasteiger partial charge in [-0.05, 0) is 6.42 Å². The van der Waals surface area contributed by atoms with Crippen LogP contribution in [0.1, 0.15) is 37.2 Å². The number of nitrogens with two attached hydrogens (primary N) is 1. The van der Waals surface area contributed by atoms with E-state index in [1.165, 1.54) is 5.75 Å². The minimum Gasteiger partial charge on any atom is -0.368 e. The highest BCUT2D eigenvalue weighted by molar-refractivity contribution is 8.06. The lowest BCUT2D eigenvalue weighted by molar-refractivity contribution is 0.755. The van der Waals surface area contributed by atoms with Crippen LogP contribution in [0.2, 0.25) is 0 Å². The molecule has 0 spiro atoms. The predicted octanol–water partition coefficient (Wildman–Crippen LogP) is 2.32. The number of nitrogen functional groups attached to an aromatic ring is 1. The maximum absolute atomic E-state index is 5.76. The SMILES string of the molecule is CCCc1nc(N)nc(C2SCCSC2C)n1. The number of thioether (sulfide) groups is 2. The predicted molar refractivity (Wildman–Crippen MR) is 75.4 cm³/mol. The molecule has 2 heterocycles. The second kappa shape index (κ2) is 5.91. The van der Waals surface area contributed by atoms with Crippen molar-refractivity contribution in [2.24, 2.45) is 0 Å². The van der Waals surface area contributed by atoms with Gasteiger partial charge in [0, 0.05) is 23.2 Å². The van der Waals surface area contributed by atoms with Crippen molar-refractivity contribution in [1.82, 2.24) is 15.0 Å². The summed E-state index contributed by atoms with van der Waals surface area (Å²) in [6.07, 6.45) is 1.91. The Labute approximate surface area is 111 Å². The van der Waals surface area contributed by atoms with Gasteiger partial charge in [0.05, 0.1) is 5.25 Å². The first kappa shape index (κ1) is 13.0. The van der Waals surface area contributed by atoms with E-state index in [9.17, 15) is 0 Å². The van der Waals surface area contributed by atoms with E-state index in [1.54, 1.807) is 0 Å². The Balaban J connectivity index is 2.24. The van der Waals surface area contributed by atoms with Crippen LogP contribution in [-0.4, -0.2) is 31.7 Å². The van der Waals surface area contributed by atoms with E-state index in [2.05, 4.69) is 28.8 Å². The van der Waals surface area contributed by atoms with Crippen LogP contribution in [0.4, 0.5) is 5.95 Å². The Morgan fingerprint density at radius 2 is 2.00 bits per heavy atom. The fourth-order valence-electron chi connectivity index (χ4n) is 1.84. The van der Waals surface area contributed by atoms with Crippen molar-refractivity contribution in [2.45, 2.75) is 37.2 Å². The summed E-state index contributed by atoms with van der Waals surface area (Å²) in [5.74, 6) is 4.44. The van der Waals surface area contributed by atoms with Crippen LogP contribution >= 0.6 is 23.5 Å². The van der Waals surface area contributed by atoms with E-state index in [1.807, 2.05) is 23.5 Å². The van der Waals surface area contributed by atoms with Crippen molar-refractivity contribution >= 4 is 29.5 Å². The summed E-state index contributed by atoms with van der Waals surface area (Å²) in [6, 6.07) is 0. The van der Waals surface area contributed by atoms with Crippen molar-refractivity contribution in [3.8, 4) is 0 Å². The zero-order valence-electron chi connectivity index (χ0n) is 10.2. The van der Waals surface area contributed by atoms with Gasteiger partial charge in [0.1, 0.15) is 11.6 Å². The summed E-state index contributed by atoms with van der Waals surface area (Å²) in [5, 5.41) is 0.902. The third-order valence-corrected chi connectivity index (χ3v) is 5.72. The Kier molecular flexibility index (Phi) is 4.50. The van der Waals surface area contributed by atoms with E-state index in [-0.39, 0.29) is 0 Å². The molecule has 1 saturated heterocycles. The third-order valence-electron chi connectivity index (χ3n) is 2.63. The van der Waals surface area contributed by atoms with Crippen LogP contribution in [0, 0.1) is 0 Å². The number of aromatic nitrogens is 3. The highest BCUT2D eigenvalue weighted by Gasteiger charge is 2.27. The van der Waals surface area contributed by atoms with Gasteiger partial charge in [0.25, 0.3) is 0 Å². The molecule has 6 heteroatoms. The van der Waals surface area contributed by atoms with Gasteiger partial charge in [-0.1, -0.05) is 13.8 Å². The molecule has 4 nitrogen and oxygen atoms in total. The summed E-state index contributed by atoms with van der Waals surface area (Å²) < 4.78 is 0. The Morgan fingerprint density at radius 1 is 1.24 bits per heavy atom. The van der Waals surface area contributed by atoms with Gasteiger partial charge in [-0.15, -0.1) is 11.8 Å². The third kappa shape index (κ3) is 3.25. The van der Waals surface area contributed by atoms with E-state index < -0.39 is 0 Å². The number of anilines is 1. The molecule has 1 aliphatic rings. The highest BCUT2D eigenvalue weighted by Crippen LogP contribution is 2.40. The van der Waals surface area contributed by atoms with Gasteiger partial charge < -0.3 is 5.73 Å². The van der Waals surface area contributed by atoms with Crippen molar-refractivity contribution in [3.05, 3.63) is 11.6 Å². The van der Waals surface area contributed by atoms with Gasteiger partial charge in [-0.3, -0.25) is 0 Å². The average Bonchev–Trinajstić information content (AvgIpc) is 2.29. The van der Waals surface area contributed by atoms with Crippen LogP contribution in [0.25, 0.3) is 0 Å². The van der Waals surface area contributed by atoms with Crippen LogP contribution in [0.5, 0.6) is 0 Å². The second-order valence-electron chi connectivity index (χ2n) is 4.09. The minimum atomic E-state index is 0.356. The lowest BCUT2D eigenvalue weighted by atomic mass is 10.3. The van der Waals surface area contributed by atoms with Crippen molar-refractivity contribution in [3.63, 3.8) is 0 Å². The molecule has 0 amide bonds. The van der Waals surface area contributed by atoms with Gasteiger partial charge in [0.15, 0.2) is 0 Å². The monoisotopic (exact) mass is 270 g/mol. The highest BCUT2D eigenvalue weighted by atomic mass is 32.2. The molecule has 2 rings (SSSR count). The minimum absolute atomic E-state index is 0.356. The van der Waals surface area contributed by atoms with Crippen LogP contribution < -0.4 is 5.73 Å². The normalized spacial score (nSPS) is 24.8. The van der Waals surface area contributed by atoms with E-state index in [4.69, 9.17) is 5.73 Å². The van der Waals surface area contributed by atoms with Gasteiger partial charge in [0.2, 0.25) is 5.95 Å². The second-order valence-corrected chi connectivity index (χ2v) is 6.82. The molecular formula is C11H18N4S2. The van der Waals surface area contributed by atoms with Crippen molar-refractivity contribution < 1.29 is 0 Å². The number of aryl methyl sites for hydroxylation is 1. The molecule has 2 unspecified atom stereocenters. The molecule has 1 fully saturated rings. The Morgan fingerprint density at radius 3 is 2.71 bits per heavy atom. The maximum Gasteiger partial charge on any atom is 0.223 e. The van der Waals surface area contributed by atoms with Crippen LogP contribution in [-0.2, 0) is 6.42 Å². The summed E-state index contributed by atoms with van der Waals surface area (Å²) in [7, 11) is 0. The standard InChI is InChI=1S/C11H18N4S2/c1-3-4-8-13-10(15-11(12)14-8)9-7(2)16-5-6-17-9/h7,9H,3-6H2,1-2H3,(H2,12,13,14,15). The molecule has 0 aromatic carbocycles. The molecule has 94 valence electrons. The van der Waals surface area contributed by atoms with Gasteiger partial charge in [-0.25, -0.2) is 4.98 Å². The molecule has 0 radical (unpaired) electrons. The largest absolute Gasteiger partial charge is 0.368 e. The smallest absolute Gasteiger partial charge is 0.223 e. The number of rotatable bonds is 3. The molecule has 0 aliphatic carbocycles. The zero-order chi connectivity index (χ0) is 12.3. The lowest BCUT2D eigenvalue weighted by Gasteiger charge is -2.26. The summed E-state index contributed by atoms with van der Waals surface area (Å²) in [5.41, 5.74) is 5.76. The van der Waals surface area contributed by atoms with E-state index >= 15 is 0 Å². The fraction of sp³-hybridized carbons (Fsp3) is 0.727. The number of hydrogen-bond acceptors (Lipinski definition) is 6. The maximum atomic E-state index is 5.76. The zero-order valence-corrected chi connectivity index (χ0v) is 11.9. The molecule has 1 aliphatic heterocycles. The summed E-state index contributed by atoms with van der Waals surface area (Å²) >= 11 is 3.91. The number of nitrogens with zero attached hydrogens (tertiary/aromatic N) is 3. The van der Waals surface area contributed by atoms with Crippen LogP contribution in [0.3, 0.4) is 0 Å². The Hall–Kier alpha value is -0.490. The first-order chi connectivity index (χ1) is 8.20. The first-order valence-electron chi connectivity index (χ1n) is 5.94. The van der Waals surface area contributed by atoms with Crippen LogP contribution in [0.15, 0.2) is 0 Å². The molecule has 1 aromatic heterocycles. The summed E-state index contributed by atoms with van der Waals surface area (Å²) in [6.45, 7) is 4.36. The molecule has 0 bridgehead atoms. The molecular weight excluding hydrogens is 252 g/mol. The summed E-state index contributed by atoms with van der Waals surface area (Å²) in [4.78, 5) is 13.1. The molecule has 2 atom stereocenters. The van der Waals surface area contributed by atoms with E-state index in [0.29, 0.717) is 16.4 Å². The molecule has 2 N–H and O–H groups in total. The molecule has 17 heavy (non-hydrogen) atoms. The fourth-order valence-corrected chi connectivity index (χ4v) is 4.52. The van der Waals surface area contributed by atoms with Crippen molar-refractivity contribution in [1.29, 1.82) is 0 Å². The van der Waals surface area contributed by atoms with Gasteiger partial charge >= 0.3 is 0 Å². The number of hydrogen-bond donors (Lipinski definition) is 1. The topological polar surface area (TPSA) is 64.7 Å². The molecule has 1 aromatic rings. The molecule has 0 saturated carbocycles.